The molecule has 3 aliphatic rings. The first-order valence-electron chi connectivity index (χ1n) is 6.40. The molecule has 3 heteroatoms. The highest BCUT2D eigenvalue weighted by Gasteiger charge is 2.48. The number of nitrogens with one attached hydrogen (secondary N) is 1. The number of hydrogen-bond donors (Lipinski definition) is 1. The second-order valence-corrected chi connectivity index (χ2v) is 5.51. The Morgan fingerprint density at radius 3 is 2.40 bits per heavy atom. The first-order chi connectivity index (χ1) is 7.39. The van der Waals surface area contributed by atoms with Crippen LogP contribution in [0.25, 0.3) is 0 Å². The summed E-state index contributed by atoms with van der Waals surface area (Å²) in [6, 6.07) is 0. The molecule has 15 heavy (non-hydrogen) atoms. The Kier molecular flexibility index (Phi) is 2.71. The molecule has 0 bridgehead atoms. The third kappa shape index (κ3) is 1.81. The Labute approximate surface area is 92.2 Å². The van der Waals surface area contributed by atoms with Crippen molar-refractivity contribution in [3.05, 3.63) is 0 Å². The van der Waals surface area contributed by atoms with Gasteiger partial charge in [-0.3, -0.25) is 0 Å². The van der Waals surface area contributed by atoms with Crippen molar-refractivity contribution in [1.29, 1.82) is 0 Å². The average Bonchev–Trinajstić information content (AvgIpc) is 2.13. The molecular formula is C12H22N2O. The zero-order valence-corrected chi connectivity index (χ0v) is 9.50. The molecule has 3 rings (SSSR count). The molecule has 0 spiro atoms. The zero-order chi connectivity index (χ0) is 10.1. The zero-order valence-electron chi connectivity index (χ0n) is 9.50. The minimum Gasteiger partial charge on any atom is -0.380 e. The molecule has 2 saturated heterocycles. The minimum atomic E-state index is 0.551. The number of hydrogen-bond acceptors (Lipinski definition) is 3. The highest BCUT2D eigenvalue weighted by molar-refractivity contribution is 4.97. The molecule has 0 unspecified atom stereocenters. The molecular weight excluding hydrogens is 188 g/mol. The molecule has 3 nitrogen and oxygen atoms in total. The van der Waals surface area contributed by atoms with Gasteiger partial charge in [0.25, 0.3) is 0 Å². The van der Waals surface area contributed by atoms with Gasteiger partial charge in [-0.2, -0.15) is 0 Å². The van der Waals surface area contributed by atoms with E-state index in [1.54, 1.807) is 0 Å². The molecule has 1 saturated carbocycles. The lowest BCUT2D eigenvalue weighted by atomic mass is 9.63. The van der Waals surface area contributed by atoms with Crippen LogP contribution in [0, 0.1) is 11.3 Å². The quantitative estimate of drug-likeness (QED) is 0.742. The maximum absolute atomic E-state index is 5.49. The summed E-state index contributed by atoms with van der Waals surface area (Å²) < 4.78 is 5.49. The van der Waals surface area contributed by atoms with Crippen molar-refractivity contribution < 1.29 is 4.74 Å². The summed E-state index contributed by atoms with van der Waals surface area (Å²) in [6.45, 7) is 8.15. The van der Waals surface area contributed by atoms with Gasteiger partial charge in [-0.25, -0.2) is 0 Å². The van der Waals surface area contributed by atoms with Crippen LogP contribution in [0.2, 0.25) is 0 Å². The summed E-state index contributed by atoms with van der Waals surface area (Å²) in [6.07, 6.45) is 4.36. The predicted octanol–water partition coefficient (Wildman–Crippen LogP) is 0.708. The van der Waals surface area contributed by atoms with Gasteiger partial charge in [-0.1, -0.05) is 6.42 Å². The predicted molar refractivity (Wildman–Crippen MR) is 59.9 cm³/mol. The van der Waals surface area contributed by atoms with Gasteiger partial charge in [0.15, 0.2) is 0 Å². The summed E-state index contributed by atoms with van der Waals surface area (Å²) in [5.41, 5.74) is 0.551. The second-order valence-electron chi connectivity index (χ2n) is 5.51. The van der Waals surface area contributed by atoms with Crippen molar-refractivity contribution in [3.8, 4) is 0 Å². The van der Waals surface area contributed by atoms with E-state index in [-0.39, 0.29) is 0 Å². The number of nitrogens with zero attached hydrogens (tertiary/aromatic N) is 1. The molecule has 0 radical (unpaired) electrons. The van der Waals surface area contributed by atoms with E-state index in [1.807, 2.05) is 0 Å². The van der Waals surface area contributed by atoms with Gasteiger partial charge in [0, 0.05) is 38.1 Å². The van der Waals surface area contributed by atoms with Crippen LogP contribution in [0.4, 0.5) is 0 Å². The van der Waals surface area contributed by atoms with Crippen molar-refractivity contribution in [1.82, 2.24) is 10.2 Å². The third-order valence-electron chi connectivity index (χ3n) is 4.50. The monoisotopic (exact) mass is 210 g/mol. The van der Waals surface area contributed by atoms with Crippen LogP contribution in [0.3, 0.4) is 0 Å². The van der Waals surface area contributed by atoms with Crippen LogP contribution in [-0.4, -0.2) is 50.8 Å². The number of piperazine rings is 1. The largest absolute Gasteiger partial charge is 0.380 e. The SMILES string of the molecule is C1CC(C2(CN3CCNCC3)COC2)C1. The fourth-order valence-corrected chi connectivity index (χ4v) is 3.16. The van der Waals surface area contributed by atoms with Gasteiger partial charge >= 0.3 is 0 Å². The lowest BCUT2D eigenvalue weighted by Gasteiger charge is -2.53. The van der Waals surface area contributed by atoms with Crippen LogP contribution in [0.1, 0.15) is 19.3 Å². The van der Waals surface area contributed by atoms with E-state index in [2.05, 4.69) is 10.2 Å². The molecule has 1 N–H and O–H groups in total. The minimum absolute atomic E-state index is 0.551. The van der Waals surface area contributed by atoms with Gasteiger partial charge < -0.3 is 15.0 Å². The molecule has 1 aliphatic carbocycles. The van der Waals surface area contributed by atoms with Gasteiger partial charge in [0.05, 0.1) is 13.2 Å². The van der Waals surface area contributed by atoms with Crippen molar-refractivity contribution in [2.24, 2.45) is 11.3 Å². The van der Waals surface area contributed by atoms with E-state index < -0.39 is 0 Å². The molecule has 0 atom stereocenters. The molecule has 3 fully saturated rings. The summed E-state index contributed by atoms with van der Waals surface area (Å²) >= 11 is 0. The summed E-state index contributed by atoms with van der Waals surface area (Å²) in [5.74, 6) is 0.973. The lowest BCUT2D eigenvalue weighted by molar-refractivity contribution is -0.173. The number of rotatable bonds is 3. The first-order valence-corrected chi connectivity index (χ1v) is 6.40. The summed E-state index contributed by atoms with van der Waals surface area (Å²) in [5, 5.41) is 3.42. The normalized spacial score (nSPS) is 32.0. The topological polar surface area (TPSA) is 24.5 Å². The van der Waals surface area contributed by atoms with Crippen LogP contribution in [-0.2, 0) is 4.74 Å². The Bertz CT molecular complexity index is 218. The van der Waals surface area contributed by atoms with Crippen LogP contribution >= 0.6 is 0 Å². The van der Waals surface area contributed by atoms with Crippen LogP contribution in [0.5, 0.6) is 0 Å². The van der Waals surface area contributed by atoms with Crippen LogP contribution in [0.15, 0.2) is 0 Å². The van der Waals surface area contributed by atoms with Crippen LogP contribution < -0.4 is 5.32 Å². The maximum Gasteiger partial charge on any atom is 0.0559 e. The average molecular weight is 210 g/mol. The fourth-order valence-electron chi connectivity index (χ4n) is 3.16. The van der Waals surface area contributed by atoms with Gasteiger partial charge in [0.2, 0.25) is 0 Å². The summed E-state index contributed by atoms with van der Waals surface area (Å²) in [7, 11) is 0. The standard InChI is InChI=1S/C12H22N2O/c1-2-11(3-1)12(9-15-10-12)8-14-6-4-13-5-7-14/h11,13H,1-10H2. The lowest BCUT2D eigenvalue weighted by Crippen LogP contribution is -2.59. The first kappa shape index (κ1) is 10.1. The van der Waals surface area contributed by atoms with Crippen molar-refractivity contribution in [2.75, 3.05) is 45.9 Å². The highest BCUT2D eigenvalue weighted by atomic mass is 16.5. The number of ether oxygens (including phenoxy) is 1. The molecule has 0 amide bonds. The smallest absolute Gasteiger partial charge is 0.0559 e. The van der Waals surface area contributed by atoms with E-state index in [0.29, 0.717) is 5.41 Å². The molecule has 0 aromatic carbocycles. The highest BCUT2D eigenvalue weighted by Crippen LogP contribution is 2.47. The van der Waals surface area contributed by atoms with E-state index in [1.165, 1.54) is 52.0 Å². The third-order valence-corrected chi connectivity index (χ3v) is 4.50. The maximum atomic E-state index is 5.49. The molecule has 2 heterocycles. The van der Waals surface area contributed by atoms with Gasteiger partial charge in [-0.15, -0.1) is 0 Å². The summed E-state index contributed by atoms with van der Waals surface area (Å²) in [4.78, 5) is 2.64. The van der Waals surface area contributed by atoms with Gasteiger partial charge in [0.1, 0.15) is 0 Å². The van der Waals surface area contributed by atoms with Gasteiger partial charge in [-0.05, 0) is 18.8 Å². The van der Waals surface area contributed by atoms with Crippen molar-refractivity contribution >= 4 is 0 Å². The molecule has 0 aromatic rings. The molecule has 86 valence electrons. The molecule has 2 aliphatic heterocycles. The fraction of sp³-hybridized carbons (Fsp3) is 1.00. The van der Waals surface area contributed by atoms with Crippen molar-refractivity contribution in [2.45, 2.75) is 19.3 Å². The Balaban J connectivity index is 1.58. The Morgan fingerprint density at radius 1 is 1.20 bits per heavy atom. The second kappa shape index (κ2) is 4.04. The van der Waals surface area contributed by atoms with Crippen molar-refractivity contribution in [3.63, 3.8) is 0 Å². The van der Waals surface area contributed by atoms with E-state index in [4.69, 9.17) is 4.74 Å². The Hall–Kier alpha value is -0.120. The van der Waals surface area contributed by atoms with E-state index in [0.717, 1.165) is 19.1 Å². The van der Waals surface area contributed by atoms with E-state index >= 15 is 0 Å². The van der Waals surface area contributed by atoms with E-state index in [9.17, 15) is 0 Å². The molecule has 0 aromatic heterocycles. The Morgan fingerprint density at radius 2 is 1.93 bits per heavy atom.